The SMILES string of the molecule is C#Cc1ccc(-n2cc(S(N)(=O)=O)c3ccc(Br)nc32)cc1. The van der Waals surface area contributed by atoms with Gasteiger partial charge in [0.2, 0.25) is 10.0 Å². The predicted molar refractivity (Wildman–Crippen MR) is 88.1 cm³/mol. The molecule has 2 N–H and O–H groups in total. The number of terminal acetylenes is 1. The Kier molecular flexibility index (Phi) is 3.53. The molecule has 22 heavy (non-hydrogen) atoms. The zero-order valence-corrected chi connectivity index (χ0v) is 13.6. The Morgan fingerprint density at radius 1 is 1.18 bits per heavy atom. The standard InChI is InChI=1S/C15H10BrN3O2S/c1-2-10-3-5-11(6-4-10)19-9-13(22(17,20)21)12-7-8-14(16)18-15(12)19/h1,3-9H,(H2,17,20,21). The van der Waals surface area contributed by atoms with Gasteiger partial charge in [-0.05, 0) is 52.3 Å². The van der Waals surface area contributed by atoms with E-state index in [1.54, 1.807) is 41.0 Å². The Morgan fingerprint density at radius 3 is 2.45 bits per heavy atom. The number of primary sulfonamides is 1. The molecule has 1 aromatic carbocycles. The van der Waals surface area contributed by atoms with Gasteiger partial charge in [-0.3, -0.25) is 4.57 Å². The molecular formula is C15H10BrN3O2S. The smallest absolute Gasteiger partial charge is 0.240 e. The largest absolute Gasteiger partial charge is 0.300 e. The maximum atomic E-state index is 11.8. The molecule has 2 aromatic heterocycles. The number of hydrogen-bond acceptors (Lipinski definition) is 3. The minimum atomic E-state index is -3.85. The minimum absolute atomic E-state index is 0.0310. The molecular weight excluding hydrogens is 366 g/mol. The van der Waals surface area contributed by atoms with Crippen molar-refractivity contribution in [1.82, 2.24) is 9.55 Å². The number of nitrogens with zero attached hydrogens (tertiary/aromatic N) is 2. The third kappa shape index (κ3) is 2.52. The Bertz CT molecular complexity index is 1020. The molecule has 0 saturated carbocycles. The van der Waals surface area contributed by atoms with E-state index in [0.717, 1.165) is 11.3 Å². The van der Waals surface area contributed by atoms with Gasteiger partial charge in [-0.1, -0.05) is 5.92 Å². The first-order valence-electron chi connectivity index (χ1n) is 6.17. The summed E-state index contributed by atoms with van der Waals surface area (Å²) in [4.78, 5) is 4.38. The fourth-order valence-corrected chi connectivity index (χ4v) is 3.21. The van der Waals surface area contributed by atoms with Crippen molar-refractivity contribution in [2.75, 3.05) is 0 Å². The number of pyridine rings is 1. The lowest BCUT2D eigenvalue weighted by molar-refractivity contribution is 0.598. The fraction of sp³-hybridized carbons (Fsp3) is 0. The molecule has 2 heterocycles. The van der Waals surface area contributed by atoms with Crippen molar-refractivity contribution in [2.45, 2.75) is 4.90 Å². The van der Waals surface area contributed by atoms with Crippen molar-refractivity contribution < 1.29 is 8.42 Å². The highest BCUT2D eigenvalue weighted by Gasteiger charge is 2.19. The van der Waals surface area contributed by atoms with Gasteiger partial charge in [0, 0.05) is 22.8 Å². The van der Waals surface area contributed by atoms with Crippen molar-refractivity contribution in [3.05, 3.63) is 52.8 Å². The van der Waals surface area contributed by atoms with Crippen LogP contribution >= 0.6 is 15.9 Å². The third-order valence-corrected chi connectivity index (χ3v) is 4.58. The fourth-order valence-electron chi connectivity index (χ4n) is 2.19. The van der Waals surface area contributed by atoms with Crippen LogP contribution in [0.25, 0.3) is 16.7 Å². The number of benzene rings is 1. The van der Waals surface area contributed by atoms with Gasteiger partial charge in [0.1, 0.15) is 15.1 Å². The van der Waals surface area contributed by atoms with Crippen LogP contribution in [0.1, 0.15) is 5.56 Å². The molecule has 0 aliphatic carbocycles. The van der Waals surface area contributed by atoms with E-state index < -0.39 is 10.0 Å². The highest BCUT2D eigenvalue weighted by molar-refractivity contribution is 9.10. The van der Waals surface area contributed by atoms with Crippen molar-refractivity contribution in [2.24, 2.45) is 5.14 Å². The molecule has 3 rings (SSSR count). The molecule has 0 saturated heterocycles. The summed E-state index contributed by atoms with van der Waals surface area (Å²) in [5.41, 5.74) is 1.97. The molecule has 0 spiro atoms. The van der Waals surface area contributed by atoms with Crippen molar-refractivity contribution in [1.29, 1.82) is 0 Å². The molecule has 0 radical (unpaired) electrons. The van der Waals surface area contributed by atoms with Gasteiger partial charge in [-0.15, -0.1) is 6.42 Å². The lowest BCUT2D eigenvalue weighted by Gasteiger charge is -2.04. The van der Waals surface area contributed by atoms with Crippen molar-refractivity contribution in [3.63, 3.8) is 0 Å². The molecule has 7 heteroatoms. The summed E-state index contributed by atoms with van der Waals surface area (Å²) in [6, 6.07) is 10.5. The highest BCUT2D eigenvalue weighted by atomic mass is 79.9. The average molecular weight is 376 g/mol. The molecule has 0 aliphatic heterocycles. The molecule has 0 fully saturated rings. The number of rotatable bonds is 2. The lowest BCUT2D eigenvalue weighted by atomic mass is 10.2. The summed E-state index contributed by atoms with van der Waals surface area (Å²) in [6.07, 6.45) is 6.80. The second-order valence-electron chi connectivity index (χ2n) is 4.60. The van der Waals surface area contributed by atoms with Gasteiger partial charge in [0.05, 0.1) is 0 Å². The zero-order chi connectivity index (χ0) is 15.9. The number of nitrogens with two attached hydrogens (primary N) is 1. The van der Waals surface area contributed by atoms with Crippen LogP contribution in [0.2, 0.25) is 0 Å². The van der Waals surface area contributed by atoms with Crippen LogP contribution in [-0.4, -0.2) is 18.0 Å². The summed E-state index contributed by atoms with van der Waals surface area (Å²) in [5, 5.41) is 5.76. The number of halogens is 1. The first-order valence-corrected chi connectivity index (χ1v) is 8.51. The number of hydrogen-bond donors (Lipinski definition) is 1. The zero-order valence-electron chi connectivity index (χ0n) is 11.2. The van der Waals surface area contributed by atoms with E-state index in [1.807, 2.05) is 0 Å². The summed E-state index contributed by atoms with van der Waals surface area (Å²) >= 11 is 3.29. The van der Waals surface area contributed by atoms with Crippen molar-refractivity contribution in [3.8, 4) is 18.0 Å². The Labute approximate surface area is 136 Å². The van der Waals surface area contributed by atoms with Crippen LogP contribution in [0.4, 0.5) is 0 Å². The second-order valence-corrected chi connectivity index (χ2v) is 6.95. The highest BCUT2D eigenvalue weighted by Crippen LogP contribution is 2.27. The van der Waals surface area contributed by atoms with Gasteiger partial charge >= 0.3 is 0 Å². The first kappa shape index (κ1) is 14.8. The average Bonchev–Trinajstić information content (AvgIpc) is 2.86. The summed E-state index contributed by atoms with van der Waals surface area (Å²) in [5.74, 6) is 2.53. The maximum absolute atomic E-state index is 11.8. The summed E-state index contributed by atoms with van der Waals surface area (Å²) in [7, 11) is -3.85. The van der Waals surface area contributed by atoms with Crippen LogP contribution in [0.5, 0.6) is 0 Å². The first-order chi connectivity index (χ1) is 10.4. The lowest BCUT2D eigenvalue weighted by Crippen LogP contribution is -2.11. The van der Waals surface area contributed by atoms with Gasteiger partial charge in [0.15, 0.2) is 0 Å². The Hall–Kier alpha value is -2.14. The van der Waals surface area contributed by atoms with E-state index in [2.05, 4.69) is 26.8 Å². The van der Waals surface area contributed by atoms with Crippen LogP contribution in [0.15, 0.2) is 52.1 Å². The normalized spacial score (nSPS) is 11.5. The molecule has 0 bridgehead atoms. The molecule has 0 amide bonds. The van der Waals surface area contributed by atoms with Crippen LogP contribution < -0.4 is 5.14 Å². The second kappa shape index (κ2) is 5.25. The van der Waals surface area contributed by atoms with Gasteiger partial charge < -0.3 is 0 Å². The minimum Gasteiger partial charge on any atom is -0.300 e. The molecule has 0 atom stereocenters. The van der Waals surface area contributed by atoms with Gasteiger partial charge in [-0.25, -0.2) is 18.5 Å². The Balaban J connectivity index is 2.33. The molecule has 3 aromatic rings. The van der Waals surface area contributed by atoms with Crippen molar-refractivity contribution >= 4 is 37.0 Å². The molecule has 110 valence electrons. The van der Waals surface area contributed by atoms with E-state index in [9.17, 15) is 8.42 Å². The molecule has 5 nitrogen and oxygen atoms in total. The quantitative estimate of drug-likeness (QED) is 0.551. The van der Waals surface area contributed by atoms with E-state index in [1.165, 1.54) is 6.20 Å². The van der Waals surface area contributed by atoms with E-state index in [4.69, 9.17) is 11.6 Å². The summed E-state index contributed by atoms with van der Waals surface area (Å²) in [6.45, 7) is 0. The maximum Gasteiger partial charge on any atom is 0.240 e. The number of sulfonamides is 1. The predicted octanol–water partition coefficient (Wildman–Crippen LogP) is 2.42. The molecule has 0 aliphatic rings. The van der Waals surface area contributed by atoms with E-state index in [-0.39, 0.29) is 4.90 Å². The van der Waals surface area contributed by atoms with E-state index >= 15 is 0 Å². The third-order valence-electron chi connectivity index (χ3n) is 3.20. The van der Waals surface area contributed by atoms with Crippen LogP contribution in [0, 0.1) is 12.3 Å². The number of aromatic nitrogens is 2. The topological polar surface area (TPSA) is 78.0 Å². The van der Waals surface area contributed by atoms with E-state index in [0.29, 0.717) is 15.6 Å². The van der Waals surface area contributed by atoms with Gasteiger partial charge in [0.25, 0.3) is 0 Å². The molecule has 0 unspecified atom stereocenters. The van der Waals surface area contributed by atoms with Crippen LogP contribution in [0.3, 0.4) is 0 Å². The van der Waals surface area contributed by atoms with Gasteiger partial charge in [-0.2, -0.15) is 0 Å². The Morgan fingerprint density at radius 2 is 1.86 bits per heavy atom. The number of fused-ring (bicyclic) bond motifs is 1. The van der Waals surface area contributed by atoms with Crippen LogP contribution in [-0.2, 0) is 10.0 Å². The monoisotopic (exact) mass is 375 g/mol. The summed E-state index contributed by atoms with van der Waals surface area (Å²) < 4.78 is 25.8.